The Morgan fingerprint density at radius 2 is 1.68 bits per heavy atom. The first-order valence-electron chi connectivity index (χ1n) is 9.09. The molecule has 0 spiro atoms. The summed E-state index contributed by atoms with van der Waals surface area (Å²) in [4.78, 5) is 0. The molecule has 5 heteroatoms. The number of halogens is 3. The van der Waals surface area contributed by atoms with E-state index in [1.807, 2.05) is 61.5 Å². The van der Waals surface area contributed by atoms with Gasteiger partial charge in [0.25, 0.3) is 0 Å². The highest BCUT2D eigenvalue weighted by Gasteiger charge is 2.34. The Hall–Kier alpha value is -3.08. The molecule has 142 valence electrons. The molecule has 2 nitrogen and oxygen atoms in total. The lowest BCUT2D eigenvalue weighted by atomic mass is 10.1. The Bertz CT molecular complexity index is 1140. The maximum Gasteiger partial charge on any atom is 0.422 e. The Morgan fingerprint density at radius 1 is 0.893 bits per heavy atom. The summed E-state index contributed by atoms with van der Waals surface area (Å²) in [6, 6.07) is 18.7. The van der Waals surface area contributed by atoms with Crippen LogP contribution in [-0.4, -0.2) is 0 Å². The summed E-state index contributed by atoms with van der Waals surface area (Å²) in [6.45, 7) is 2.32. The monoisotopic (exact) mass is 382 g/mol. The number of benzene rings is 2. The molecule has 0 unspecified atom stereocenters. The highest BCUT2D eigenvalue weighted by molar-refractivity contribution is 5.85. The van der Waals surface area contributed by atoms with E-state index in [4.69, 9.17) is 4.74 Å². The molecule has 0 aliphatic heterocycles. The fourth-order valence-corrected chi connectivity index (χ4v) is 3.32. The second kappa shape index (κ2) is 7.15. The molecule has 0 bridgehead atoms. The zero-order valence-corrected chi connectivity index (χ0v) is 15.3. The van der Waals surface area contributed by atoms with E-state index in [-0.39, 0.29) is 0 Å². The summed E-state index contributed by atoms with van der Waals surface area (Å²) in [6.07, 6.45) is -0.966. The largest absolute Gasteiger partial charge is 0.489 e. The lowest BCUT2D eigenvalue weighted by molar-refractivity contribution is -0.512. The van der Waals surface area contributed by atoms with Crippen LogP contribution in [0.1, 0.15) is 23.6 Å². The summed E-state index contributed by atoms with van der Waals surface area (Å²) >= 11 is 0. The zero-order chi connectivity index (χ0) is 19.7. The van der Waals surface area contributed by atoms with Crippen molar-refractivity contribution >= 4 is 16.3 Å². The molecule has 28 heavy (non-hydrogen) atoms. The van der Waals surface area contributed by atoms with E-state index in [1.54, 1.807) is 10.6 Å². The fraction of sp³-hybridized carbons (Fsp3) is 0.174. The lowest BCUT2D eigenvalue weighted by Gasteiger charge is -2.09. The predicted molar refractivity (Wildman–Crippen MR) is 102 cm³/mol. The molecule has 4 aromatic rings. The van der Waals surface area contributed by atoms with Gasteiger partial charge in [-0.1, -0.05) is 37.3 Å². The minimum atomic E-state index is -4.37. The van der Waals surface area contributed by atoms with Crippen molar-refractivity contribution in [2.45, 2.75) is 26.1 Å². The van der Waals surface area contributed by atoms with E-state index in [2.05, 4.69) is 0 Å². The number of hydrogen-bond donors (Lipinski definition) is 0. The van der Waals surface area contributed by atoms with Gasteiger partial charge in [-0.25, -0.2) is 0 Å². The van der Waals surface area contributed by atoms with Crippen LogP contribution in [0.2, 0.25) is 0 Å². The fourth-order valence-electron chi connectivity index (χ4n) is 3.32. The summed E-state index contributed by atoms with van der Waals surface area (Å²) in [5.41, 5.74) is 1.86. The molecule has 0 radical (unpaired) electrons. The van der Waals surface area contributed by atoms with Gasteiger partial charge in [0.15, 0.2) is 12.4 Å². The van der Waals surface area contributed by atoms with Crippen LogP contribution in [0.15, 0.2) is 73.1 Å². The topological polar surface area (TPSA) is 13.3 Å². The minimum Gasteiger partial charge on any atom is -0.489 e. The number of pyridine rings is 2. The second-order valence-electron chi connectivity index (χ2n) is 6.74. The molecule has 2 heterocycles. The molecule has 0 aliphatic rings. The predicted octanol–water partition coefficient (Wildman–Crippen LogP) is 5.74. The molecule has 0 saturated carbocycles. The molecule has 4 rings (SSSR count). The van der Waals surface area contributed by atoms with Crippen molar-refractivity contribution in [3.05, 3.63) is 89.7 Å². The van der Waals surface area contributed by atoms with Crippen molar-refractivity contribution in [3.8, 4) is 5.75 Å². The summed E-state index contributed by atoms with van der Waals surface area (Å²) < 4.78 is 47.0. The average Bonchev–Trinajstić information content (AvgIpc) is 2.70. The van der Waals surface area contributed by atoms with Crippen LogP contribution in [0.25, 0.3) is 16.3 Å². The molecule has 0 N–H and O–H groups in total. The Morgan fingerprint density at radius 3 is 2.39 bits per heavy atom. The van der Waals surface area contributed by atoms with E-state index in [0.717, 1.165) is 33.8 Å². The van der Waals surface area contributed by atoms with Gasteiger partial charge in [0.2, 0.25) is 5.52 Å². The van der Waals surface area contributed by atoms with Gasteiger partial charge in [0.05, 0.1) is 0 Å². The van der Waals surface area contributed by atoms with Crippen molar-refractivity contribution in [2.24, 2.45) is 0 Å². The van der Waals surface area contributed by atoms with Crippen LogP contribution < -0.4 is 9.14 Å². The van der Waals surface area contributed by atoms with Crippen molar-refractivity contribution in [1.29, 1.82) is 0 Å². The Labute approximate surface area is 160 Å². The van der Waals surface area contributed by atoms with Gasteiger partial charge in [-0.3, -0.25) is 0 Å². The number of nitrogens with zero attached hydrogens (tertiary/aromatic N) is 1. The molecule has 2 aromatic carbocycles. The lowest BCUT2D eigenvalue weighted by Crippen LogP contribution is -2.25. The second-order valence-corrected chi connectivity index (χ2v) is 6.74. The van der Waals surface area contributed by atoms with Crippen LogP contribution in [-0.2, 0) is 19.2 Å². The van der Waals surface area contributed by atoms with Gasteiger partial charge < -0.3 is 4.74 Å². The molecular formula is C23H19F3NO+. The van der Waals surface area contributed by atoms with E-state index < -0.39 is 11.7 Å². The number of rotatable bonds is 4. The number of ether oxygens (including phenoxy) is 1. The van der Waals surface area contributed by atoms with Crippen LogP contribution in [0.4, 0.5) is 13.2 Å². The maximum atomic E-state index is 13.2. The molecule has 0 amide bonds. The van der Waals surface area contributed by atoms with Gasteiger partial charge >= 0.3 is 6.18 Å². The average molecular weight is 382 g/mol. The zero-order valence-electron chi connectivity index (χ0n) is 15.3. The van der Waals surface area contributed by atoms with Gasteiger partial charge in [0.1, 0.15) is 17.9 Å². The quantitative estimate of drug-likeness (QED) is 0.324. The number of aromatic nitrogens is 1. The first-order chi connectivity index (χ1) is 13.4. The first kappa shape index (κ1) is 18.3. The van der Waals surface area contributed by atoms with E-state index in [1.165, 1.54) is 6.07 Å². The Balaban J connectivity index is 1.74. The maximum absolute atomic E-state index is 13.2. The summed E-state index contributed by atoms with van der Waals surface area (Å²) in [5.74, 6) is 0.727. The standard InChI is InChI=1S/C23H19F3NO/c1-2-17-10-20(23(24,25)26)14-27-13-18-8-9-21(11-19(18)12-22(17)27)28-15-16-6-4-3-5-7-16/h3-14H,2,15H2,1H3/q+1. The number of hydrogen-bond acceptors (Lipinski definition) is 1. The first-order valence-corrected chi connectivity index (χ1v) is 9.09. The number of aryl methyl sites for hydroxylation is 1. The third-order valence-corrected chi connectivity index (χ3v) is 4.80. The van der Waals surface area contributed by atoms with Crippen molar-refractivity contribution in [1.82, 2.24) is 0 Å². The highest BCUT2D eigenvalue weighted by Crippen LogP contribution is 2.30. The van der Waals surface area contributed by atoms with Gasteiger partial charge in [0, 0.05) is 17.0 Å². The molecule has 0 atom stereocenters. The van der Waals surface area contributed by atoms with Crippen LogP contribution in [0, 0.1) is 0 Å². The third kappa shape index (κ3) is 3.65. The van der Waals surface area contributed by atoms with Crippen LogP contribution in [0.5, 0.6) is 5.75 Å². The van der Waals surface area contributed by atoms with E-state index in [9.17, 15) is 13.2 Å². The van der Waals surface area contributed by atoms with Gasteiger partial charge in [-0.2, -0.15) is 17.6 Å². The smallest absolute Gasteiger partial charge is 0.422 e. The van der Waals surface area contributed by atoms with E-state index >= 15 is 0 Å². The molecule has 0 aliphatic carbocycles. The van der Waals surface area contributed by atoms with Gasteiger partial charge in [-0.15, -0.1) is 0 Å². The molecular weight excluding hydrogens is 363 g/mol. The normalized spacial score (nSPS) is 11.9. The highest BCUT2D eigenvalue weighted by atomic mass is 19.4. The van der Waals surface area contributed by atoms with Crippen LogP contribution in [0.3, 0.4) is 0 Å². The van der Waals surface area contributed by atoms with Crippen molar-refractivity contribution < 1.29 is 22.3 Å². The number of fused-ring (bicyclic) bond motifs is 2. The summed E-state index contributed by atoms with van der Waals surface area (Å²) in [7, 11) is 0. The van der Waals surface area contributed by atoms with E-state index in [0.29, 0.717) is 18.6 Å². The molecule has 0 fully saturated rings. The molecule has 2 aromatic heterocycles. The van der Waals surface area contributed by atoms with Gasteiger partial charge in [-0.05, 0) is 41.6 Å². The number of alkyl halides is 3. The minimum absolute atomic E-state index is 0.462. The van der Waals surface area contributed by atoms with Crippen molar-refractivity contribution in [2.75, 3.05) is 0 Å². The van der Waals surface area contributed by atoms with Crippen LogP contribution >= 0.6 is 0 Å². The van der Waals surface area contributed by atoms with Crippen molar-refractivity contribution in [3.63, 3.8) is 0 Å². The SMILES string of the molecule is CCc1cc(C(F)(F)F)c[n+]2cc3ccc(OCc4ccccc4)cc3cc12. The summed E-state index contributed by atoms with van der Waals surface area (Å²) in [5, 5.41) is 1.78. The third-order valence-electron chi connectivity index (χ3n) is 4.80. The molecule has 0 saturated heterocycles. The Kier molecular flexibility index (Phi) is 4.67.